The first kappa shape index (κ1) is 25.3. The Kier molecular flexibility index (Phi) is 8.30. The average Bonchev–Trinajstić information content (AvgIpc) is 2.82. The molecule has 0 aliphatic rings. The minimum Gasteiger partial charge on any atom is -0.493 e. The van der Waals surface area contributed by atoms with E-state index in [1.165, 1.54) is 32.6 Å². The first-order chi connectivity index (χ1) is 16.2. The Labute approximate surface area is 207 Å². The van der Waals surface area contributed by atoms with Gasteiger partial charge in [-0.1, -0.05) is 39.7 Å². The van der Waals surface area contributed by atoms with Crippen LogP contribution in [0.25, 0.3) is 0 Å². The maximum absolute atomic E-state index is 13.4. The number of methoxy groups -OCH3 is 2. The molecular formula is C24H24BrN3O5S. The Balaban J connectivity index is 1.82. The van der Waals surface area contributed by atoms with E-state index in [0.717, 1.165) is 9.87 Å². The second-order valence-electron chi connectivity index (χ2n) is 7.21. The Hall–Kier alpha value is -3.37. The Morgan fingerprint density at radius 1 is 1.03 bits per heavy atom. The summed E-state index contributed by atoms with van der Waals surface area (Å²) in [5.74, 6) is 0.477. The van der Waals surface area contributed by atoms with E-state index >= 15 is 0 Å². The molecular weight excluding hydrogens is 522 g/mol. The van der Waals surface area contributed by atoms with Gasteiger partial charge >= 0.3 is 0 Å². The summed E-state index contributed by atoms with van der Waals surface area (Å²) in [6.45, 7) is 1.41. The van der Waals surface area contributed by atoms with Gasteiger partial charge in [-0.15, -0.1) is 0 Å². The number of sulfonamides is 1. The minimum absolute atomic E-state index is 0.0831. The van der Waals surface area contributed by atoms with E-state index < -0.39 is 22.5 Å². The number of hydrazone groups is 1. The fourth-order valence-corrected chi connectivity index (χ4v) is 4.86. The fraction of sp³-hybridized carbons (Fsp3) is 0.167. The molecule has 0 spiro atoms. The smallest absolute Gasteiger partial charge is 0.264 e. The number of carbonyl (C=O) groups excluding carboxylic acids is 1. The highest BCUT2D eigenvalue weighted by atomic mass is 79.9. The summed E-state index contributed by atoms with van der Waals surface area (Å²) in [7, 11) is -0.953. The molecule has 10 heteroatoms. The van der Waals surface area contributed by atoms with Gasteiger partial charge in [-0.25, -0.2) is 13.8 Å². The molecule has 0 aliphatic heterocycles. The van der Waals surface area contributed by atoms with E-state index in [0.29, 0.717) is 27.2 Å². The number of nitrogens with zero attached hydrogens (tertiary/aromatic N) is 2. The quantitative estimate of drug-likeness (QED) is 0.322. The van der Waals surface area contributed by atoms with Crippen LogP contribution in [0.1, 0.15) is 11.1 Å². The third-order valence-electron chi connectivity index (χ3n) is 4.80. The van der Waals surface area contributed by atoms with Crippen LogP contribution in [0.15, 0.2) is 81.2 Å². The third-order valence-corrected chi connectivity index (χ3v) is 7.08. The molecule has 34 heavy (non-hydrogen) atoms. The van der Waals surface area contributed by atoms with Crippen LogP contribution in [-0.4, -0.2) is 41.3 Å². The van der Waals surface area contributed by atoms with Crippen molar-refractivity contribution in [2.24, 2.45) is 5.10 Å². The van der Waals surface area contributed by atoms with Crippen molar-refractivity contribution in [1.82, 2.24) is 5.43 Å². The van der Waals surface area contributed by atoms with Crippen LogP contribution in [-0.2, 0) is 14.8 Å². The lowest BCUT2D eigenvalue weighted by Gasteiger charge is -2.24. The normalized spacial score (nSPS) is 11.3. The molecule has 0 atom stereocenters. The van der Waals surface area contributed by atoms with Crippen LogP contribution in [0, 0.1) is 6.92 Å². The van der Waals surface area contributed by atoms with E-state index in [1.54, 1.807) is 54.6 Å². The number of carbonyl (C=O) groups is 1. The number of aryl methyl sites for hydroxylation is 1. The minimum atomic E-state index is -4.01. The molecule has 1 N–H and O–H groups in total. The summed E-state index contributed by atoms with van der Waals surface area (Å²) in [4.78, 5) is 12.8. The molecule has 1 amide bonds. The number of nitrogens with one attached hydrogen (secondary N) is 1. The van der Waals surface area contributed by atoms with Gasteiger partial charge in [-0.2, -0.15) is 5.10 Å². The topological polar surface area (TPSA) is 97.3 Å². The fourth-order valence-electron chi connectivity index (χ4n) is 3.06. The van der Waals surface area contributed by atoms with Gasteiger partial charge in [0.2, 0.25) is 0 Å². The predicted octanol–water partition coefficient (Wildman–Crippen LogP) is 4.12. The summed E-state index contributed by atoms with van der Waals surface area (Å²) in [5.41, 5.74) is 4.31. The number of halogens is 1. The van der Waals surface area contributed by atoms with Crippen molar-refractivity contribution in [1.29, 1.82) is 0 Å². The molecule has 178 valence electrons. The van der Waals surface area contributed by atoms with Crippen molar-refractivity contribution < 1.29 is 22.7 Å². The van der Waals surface area contributed by atoms with Gasteiger partial charge in [-0.3, -0.25) is 9.10 Å². The van der Waals surface area contributed by atoms with E-state index in [9.17, 15) is 13.2 Å². The molecule has 0 aliphatic carbocycles. The molecule has 0 saturated heterocycles. The van der Waals surface area contributed by atoms with Crippen LogP contribution < -0.4 is 19.2 Å². The maximum Gasteiger partial charge on any atom is 0.264 e. The molecule has 0 fully saturated rings. The second-order valence-corrected chi connectivity index (χ2v) is 9.99. The molecule has 3 rings (SSSR count). The zero-order valence-corrected chi connectivity index (χ0v) is 21.3. The van der Waals surface area contributed by atoms with Crippen molar-refractivity contribution in [3.05, 3.63) is 82.3 Å². The second kappa shape index (κ2) is 11.2. The highest BCUT2D eigenvalue weighted by Gasteiger charge is 2.27. The lowest BCUT2D eigenvalue weighted by molar-refractivity contribution is -0.119. The number of ether oxygens (including phenoxy) is 2. The number of hydrogen-bond donors (Lipinski definition) is 1. The van der Waals surface area contributed by atoms with Crippen LogP contribution in [0.2, 0.25) is 0 Å². The highest BCUT2D eigenvalue weighted by molar-refractivity contribution is 9.10. The molecule has 0 bridgehead atoms. The van der Waals surface area contributed by atoms with Gasteiger partial charge in [0.05, 0.1) is 31.0 Å². The van der Waals surface area contributed by atoms with Crippen molar-refractivity contribution in [2.45, 2.75) is 11.8 Å². The van der Waals surface area contributed by atoms with Crippen molar-refractivity contribution in [3.8, 4) is 11.5 Å². The third kappa shape index (κ3) is 6.15. The average molecular weight is 546 g/mol. The molecule has 0 unspecified atom stereocenters. The van der Waals surface area contributed by atoms with E-state index in [2.05, 4.69) is 26.5 Å². The molecule has 3 aromatic rings. The zero-order chi connectivity index (χ0) is 24.7. The summed E-state index contributed by atoms with van der Waals surface area (Å²) in [5, 5.41) is 3.95. The van der Waals surface area contributed by atoms with Crippen LogP contribution >= 0.6 is 15.9 Å². The lowest BCUT2D eigenvalue weighted by atomic mass is 10.2. The van der Waals surface area contributed by atoms with Gasteiger partial charge in [0, 0.05) is 4.47 Å². The zero-order valence-electron chi connectivity index (χ0n) is 18.9. The Morgan fingerprint density at radius 2 is 1.74 bits per heavy atom. The number of amides is 1. The van der Waals surface area contributed by atoms with Crippen molar-refractivity contribution in [3.63, 3.8) is 0 Å². The first-order valence-electron chi connectivity index (χ1n) is 10.1. The van der Waals surface area contributed by atoms with E-state index in [4.69, 9.17) is 9.47 Å². The van der Waals surface area contributed by atoms with E-state index in [-0.39, 0.29) is 4.90 Å². The summed E-state index contributed by atoms with van der Waals surface area (Å²) in [6.07, 6.45) is 1.43. The monoisotopic (exact) mass is 545 g/mol. The number of benzene rings is 3. The van der Waals surface area contributed by atoms with Crippen molar-refractivity contribution in [2.75, 3.05) is 25.1 Å². The standard InChI is InChI=1S/C24H24BrN3O5S/c1-17-7-10-21(11-8-17)34(30,31)28(20-6-4-5-19(25)14-20)16-24(29)27-26-15-18-9-12-22(32-2)23(13-18)33-3/h4-15H,16H2,1-3H3,(H,27,29)/b26-15-. The summed E-state index contributed by atoms with van der Waals surface area (Å²) < 4.78 is 38.9. The lowest BCUT2D eigenvalue weighted by Crippen LogP contribution is -2.39. The van der Waals surface area contributed by atoms with Crippen LogP contribution in [0.5, 0.6) is 11.5 Å². The molecule has 0 radical (unpaired) electrons. The first-order valence-corrected chi connectivity index (χ1v) is 12.4. The largest absolute Gasteiger partial charge is 0.493 e. The predicted molar refractivity (Wildman–Crippen MR) is 135 cm³/mol. The molecule has 8 nitrogen and oxygen atoms in total. The Bertz CT molecular complexity index is 1290. The number of anilines is 1. The SMILES string of the molecule is COc1ccc(/C=N\NC(=O)CN(c2cccc(Br)c2)S(=O)(=O)c2ccc(C)cc2)cc1OC. The molecule has 0 heterocycles. The van der Waals surface area contributed by atoms with Crippen LogP contribution in [0.4, 0.5) is 5.69 Å². The van der Waals surface area contributed by atoms with Gasteiger partial charge in [0.15, 0.2) is 11.5 Å². The molecule has 0 aromatic heterocycles. The van der Waals surface area contributed by atoms with Crippen molar-refractivity contribution >= 4 is 43.8 Å². The highest BCUT2D eigenvalue weighted by Crippen LogP contribution is 2.27. The molecule has 0 saturated carbocycles. The van der Waals surface area contributed by atoms with Gasteiger partial charge in [-0.05, 0) is 61.0 Å². The van der Waals surface area contributed by atoms with Gasteiger partial charge < -0.3 is 9.47 Å². The van der Waals surface area contributed by atoms with Gasteiger partial charge in [0.25, 0.3) is 15.9 Å². The maximum atomic E-state index is 13.4. The number of rotatable bonds is 9. The summed E-state index contributed by atoms with van der Waals surface area (Å²) in [6, 6.07) is 18.3. The van der Waals surface area contributed by atoms with Gasteiger partial charge in [0.1, 0.15) is 6.54 Å². The number of hydrogen-bond acceptors (Lipinski definition) is 6. The molecule has 3 aromatic carbocycles. The van der Waals surface area contributed by atoms with E-state index in [1.807, 2.05) is 6.92 Å². The Morgan fingerprint density at radius 3 is 2.38 bits per heavy atom. The van der Waals surface area contributed by atoms with Crippen LogP contribution in [0.3, 0.4) is 0 Å². The summed E-state index contributed by atoms with van der Waals surface area (Å²) >= 11 is 3.35.